The molecule has 3 N–H and O–H groups in total. The number of H-pyrrole nitrogens is 1. The topological polar surface area (TPSA) is 145 Å². The van der Waals surface area contributed by atoms with E-state index in [4.69, 9.17) is 9.47 Å². The molecular weight excluding hydrogens is 657 g/mol. The molecule has 0 bridgehead atoms. The molecule has 14 heteroatoms. The largest absolute Gasteiger partial charge is 0.496 e. The van der Waals surface area contributed by atoms with Crippen LogP contribution < -0.4 is 20.3 Å². The van der Waals surface area contributed by atoms with Crippen molar-refractivity contribution in [2.45, 2.75) is 50.5 Å². The molecule has 0 saturated carbocycles. The van der Waals surface area contributed by atoms with Crippen molar-refractivity contribution in [3.63, 3.8) is 0 Å². The Labute approximate surface area is 294 Å². The second kappa shape index (κ2) is 14.8. The first-order valence-corrected chi connectivity index (χ1v) is 17.5. The molecule has 3 aliphatic heterocycles. The molecule has 3 fully saturated rings. The van der Waals surface area contributed by atoms with Crippen molar-refractivity contribution in [1.29, 1.82) is 0 Å². The van der Waals surface area contributed by atoms with E-state index in [9.17, 15) is 19.5 Å². The van der Waals surface area contributed by atoms with Gasteiger partial charge in [-0.2, -0.15) is 5.10 Å². The predicted octanol–water partition coefficient (Wildman–Crippen LogP) is 2.58. The summed E-state index contributed by atoms with van der Waals surface area (Å²) in [5.41, 5.74) is 3.10. The number of piperazine rings is 1. The Balaban J connectivity index is 0.885. The lowest BCUT2D eigenvalue weighted by Crippen LogP contribution is -2.51. The number of pyridine rings is 1. The van der Waals surface area contributed by atoms with E-state index < -0.39 is 18.1 Å². The minimum Gasteiger partial charge on any atom is -0.496 e. The van der Waals surface area contributed by atoms with Crippen LogP contribution in [0.15, 0.2) is 53.6 Å². The summed E-state index contributed by atoms with van der Waals surface area (Å²) in [5, 5.41) is 20.0. The van der Waals surface area contributed by atoms with Crippen LogP contribution in [0.3, 0.4) is 0 Å². The zero-order valence-corrected chi connectivity index (χ0v) is 28.9. The zero-order chi connectivity index (χ0) is 35.6. The van der Waals surface area contributed by atoms with Crippen LogP contribution >= 0.6 is 0 Å². The van der Waals surface area contributed by atoms with Crippen LogP contribution in [-0.2, 0) is 23.2 Å². The second-order valence-electron chi connectivity index (χ2n) is 13.7. The van der Waals surface area contributed by atoms with Crippen LogP contribution in [-0.4, -0.2) is 112 Å². The number of benzene rings is 2. The van der Waals surface area contributed by atoms with Crippen LogP contribution in [0.2, 0.25) is 0 Å². The van der Waals surface area contributed by atoms with Crippen LogP contribution in [0.25, 0.3) is 22.0 Å². The third kappa shape index (κ3) is 7.48. The molecule has 2 aromatic carbocycles. The van der Waals surface area contributed by atoms with E-state index in [0.29, 0.717) is 97.1 Å². The molecule has 7 rings (SSSR count). The Morgan fingerprint density at radius 1 is 1.02 bits per heavy atom. The molecule has 4 aromatic rings. The third-order valence-electron chi connectivity index (χ3n) is 10.5. The number of aryl methyl sites for hydroxylation is 1. The van der Waals surface area contributed by atoms with Gasteiger partial charge in [0.25, 0.3) is 5.56 Å². The summed E-state index contributed by atoms with van der Waals surface area (Å²) < 4.78 is 28.7. The van der Waals surface area contributed by atoms with E-state index in [1.165, 1.54) is 23.3 Å². The molecule has 0 spiro atoms. The van der Waals surface area contributed by atoms with Crippen molar-refractivity contribution in [3.05, 3.63) is 76.1 Å². The Morgan fingerprint density at radius 3 is 2.47 bits per heavy atom. The first kappa shape index (κ1) is 34.6. The lowest BCUT2D eigenvalue weighted by atomic mass is 9.89. The quantitative estimate of drug-likeness (QED) is 0.240. The van der Waals surface area contributed by atoms with Crippen LogP contribution in [0, 0.1) is 5.82 Å². The summed E-state index contributed by atoms with van der Waals surface area (Å²) in [4.78, 5) is 43.5. The molecule has 2 amide bonds. The smallest absolute Gasteiger partial charge is 0.276 e. The van der Waals surface area contributed by atoms with Gasteiger partial charge in [-0.05, 0) is 73.7 Å². The van der Waals surface area contributed by atoms with E-state index >= 15 is 4.39 Å². The van der Waals surface area contributed by atoms with Gasteiger partial charge in [-0.3, -0.25) is 29.3 Å². The molecule has 270 valence electrons. The summed E-state index contributed by atoms with van der Waals surface area (Å²) >= 11 is 0. The van der Waals surface area contributed by atoms with Gasteiger partial charge < -0.3 is 29.4 Å². The van der Waals surface area contributed by atoms with Gasteiger partial charge in [0.2, 0.25) is 11.8 Å². The molecule has 3 aliphatic rings. The number of aromatic amines is 1. The molecule has 0 radical (unpaired) electrons. The highest BCUT2D eigenvalue weighted by Crippen LogP contribution is 2.34. The molecule has 2 unspecified atom stereocenters. The molecule has 2 atom stereocenters. The van der Waals surface area contributed by atoms with Crippen molar-refractivity contribution in [3.8, 4) is 22.6 Å². The minimum atomic E-state index is -1.00. The van der Waals surface area contributed by atoms with Gasteiger partial charge in [0, 0.05) is 68.9 Å². The number of methoxy groups -OCH3 is 1. The van der Waals surface area contributed by atoms with E-state index in [2.05, 4.69) is 37.4 Å². The number of ether oxygens (including phenoxy) is 2. The second-order valence-corrected chi connectivity index (χ2v) is 13.7. The van der Waals surface area contributed by atoms with Crippen molar-refractivity contribution in [1.82, 2.24) is 34.8 Å². The number of halogens is 1. The van der Waals surface area contributed by atoms with Crippen LogP contribution in [0.5, 0.6) is 11.5 Å². The number of nitrogens with zero attached hydrogens (tertiary/aromatic N) is 5. The van der Waals surface area contributed by atoms with Gasteiger partial charge in [-0.15, -0.1) is 0 Å². The van der Waals surface area contributed by atoms with Crippen molar-refractivity contribution < 1.29 is 28.6 Å². The van der Waals surface area contributed by atoms with Crippen molar-refractivity contribution in [2.24, 2.45) is 7.05 Å². The number of piperidine rings is 2. The third-order valence-corrected chi connectivity index (χ3v) is 10.5. The van der Waals surface area contributed by atoms with Gasteiger partial charge in [0.05, 0.1) is 19.9 Å². The standard InChI is InChI=1S/C37H44FN7O6/c1-42-20-28(27-19-39-41-35(27)37(42)49)25-17-30(38)29(32(18-25)50-2)21-44-13-15-45(16-14-44)34(47)22-43-11-9-24(10-12-43)23-3-5-26(6-4-23)51-31-7-8-33(46)40-36(31)48/h3-6,17-20,24,31,36,48H,7-16,21-22H2,1-2H3,(H,39,41)(H,40,46). The average molecular weight is 702 g/mol. The van der Waals surface area contributed by atoms with E-state index in [1.54, 1.807) is 25.5 Å². The number of aromatic nitrogens is 3. The number of nitrogens with one attached hydrogen (secondary N) is 2. The number of amides is 2. The van der Waals surface area contributed by atoms with Gasteiger partial charge >= 0.3 is 0 Å². The maximum atomic E-state index is 15.7. The van der Waals surface area contributed by atoms with E-state index in [1.807, 2.05) is 17.0 Å². The first-order valence-electron chi connectivity index (χ1n) is 17.5. The van der Waals surface area contributed by atoms with Gasteiger partial charge in [-0.25, -0.2) is 4.39 Å². The average Bonchev–Trinajstić information content (AvgIpc) is 3.63. The number of carbonyl (C=O) groups is 2. The van der Waals surface area contributed by atoms with Crippen LogP contribution in [0.4, 0.5) is 4.39 Å². The summed E-state index contributed by atoms with van der Waals surface area (Å²) in [7, 11) is 3.17. The normalized spacial score (nSPS) is 20.8. The monoisotopic (exact) mass is 701 g/mol. The maximum absolute atomic E-state index is 15.7. The lowest BCUT2D eigenvalue weighted by Gasteiger charge is -2.37. The highest BCUT2D eigenvalue weighted by atomic mass is 19.1. The molecule has 0 aliphatic carbocycles. The van der Waals surface area contributed by atoms with Gasteiger partial charge in [0.15, 0.2) is 6.23 Å². The number of likely N-dealkylation sites (tertiary alicyclic amines) is 1. The van der Waals surface area contributed by atoms with E-state index in [0.717, 1.165) is 25.9 Å². The Bertz CT molecular complexity index is 1950. The predicted molar refractivity (Wildman–Crippen MR) is 188 cm³/mol. The number of carbonyl (C=O) groups excluding carboxylic acids is 2. The molecule has 5 heterocycles. The van der Waals surface area contributed by atoms with Crippen LogP contribution in [0.1, 0.15) is 42.7 Å². The summed E-state index contributed by atoms with van der Waals surface area (Å²) in [6.07, 6.45) is 4.50. The molecule has 3 saturated heterocycles. The lowest BCUT2D eigenvalue weighted by molar-refractivity contribution is -0.134. The van der Waals surface area contributed by atoms with Crippen molar-refractivity contribution in [2.75, 3.05) is 52.9 Å². The fraction of sp³-hybridized carbons (Fsp3) is 0.459. The minimum absolute atomic E-state index is 0.117. The first-order chi connectivity index (χ1) is 24.7. The highest BCUT2D eigenvalue weighted by Gasteiger charge is 2.30. The molecule has 2 aromatic heterocycles. The number of hydrogen-bond acceptors (Lipinski definition) is 9. The summed E-state index contributed by atoms with van der Waals surface area (Å²) in [5.74, 6) is 1.05. The summed E-state index contributed by atoms with van der Waals surface area (Å²) in [6.45, 7) is 4.82. The van der Waals surface area contributed by atoms with Gasteiger partial charge in [-0.1, -0.05) is 12.1 Å². The Kier molecular flexibility index (Phi) is 10.1. The number of aliphatic hydroxyl groups is 1. The maximum Gasteiger partial charge on any atom is 0.276 e. The SMILES string of the molecule is COc1cc(-c2cn(C)c(=O)c3[nH]ncc23)cc(F)c1CN1CCN(C(=O)CN2CCC(c3ccc(OC4CCC(=O)NC4O)cc3)CC2)CC1. The van der Waals surface area contributed by atoms with Gasteiger partial charge in [0.1, 0.15) is 28.9 Å². The number of fused-ring (bicyclic) bond motifs is 1. The molecular formula is C37H44FN7O6. The molecule has 51 heavy (non-hydrogen) atoms. The fourth-order valence-electron chi connectivity index (χ4n) is 7.46. The highest BCUT2D eigenvalue weighted by molar-refractivity contribution is 5.93. The number of aliphatic hydroxyl groups excluding tert-OH is 1. The summed E-state index contributed by atoms with van der Waals surface area (Å²) in [6, 6.07) is 11.2. The Morgan fingerprint density at radius 2 is 1.76 bits per heavy atom. The van der Waals surface area contributed by atoms with E-state index in [-0.39, 0.29) is 17.4 Å². The fourth-order valence-corrected chi connectivity index (χ4v) is 7.46. The number of hydrogen-bond donors (Lipinski definition) is 3. The Hall–Kier alpha value is -4.79. The number of rotatable bonds is 9. The molecule has 13 nitrogen and oxygen atoms in total. The van der Waals surface area contributed by atoms with Crippen molar-refractivity contribution >= 4 is 22.7 Å². The zero-order valence-electron chi connectivity index (χ0n) is 28.9.